The van der Waals surface area contributed by atoms with Gasteiger partial charge in [0.15, 0.2) is 5.84 Å². The number of nitrogens with zero attached hydrogens (tertiary/aromatic N) is 4. The predicted molar refractivity (Wildman–Crippen MR) is 73.0 cm³/mol. The molecule has 20 heavy (non-hydrogen) atoms. The Bertz CT molecular complexity index is 635. The number of hydrogen-bond acceptors (Lipinski definition) is 6. The lowest BCUT2D eigenvalue weighted by Crippen LogP contribution is -2.46. The maximum absolute atomic E-state index is 11.9. The quantitative estimate of drug-likeness (QED) is 0.899. The molecule has 0 aliphatic carbocycles. The van der Waals surface area contributed by atoms with E-state index in [9.17, 15) is 4.79 Å². The van der Waals surface area contributed by atoms with Gasteiger partial charge >= 0.3 is 0 Å². The Labute approximate surface area is 115 Å². The van der Waals surface area contributed by atoms with Crippen molar-refractivity contribution in [2.45, 2.75) is 19.4 Å². The van der Waals surface area contributed by atoms with Crippen LogP contribution in [-0.4, -0.2) is 30.2 Å². The van der Waals surface area contributed by atoms with Gasteiger partial charge in [-0.25, -0.2) is 4.99 Å². The van der Waals surface area contributed by atoms with Crippen molar-refractivity contribution in [3.8, 4) is 5.75 Å². The number of nitrogens with one attached hydrogen (secondary N) is 1. The highest BCUT2D eigenvalue weighted by Crippen LogP contribution is 2.21. The summed E-state index contributed by atoms with van der Waals surface area (Å²) in [5.74, 6) is 1.14. The van der Waals surface area contributed by atoms with Crippen molar-refractivity contribution in [1.82, 2.24) is 5.32 Å². The first kappa shape index (κ1) is 12.5. The van der Waals surface area contributed by atoms with Crippen molar-refractivity contribution in [3.05, 3.63) is 29.8 Å². The maximum atomic E-state index is 11.9. The van der Waals surface area contributed by atoms with Crippen LogP contribution in [0.3, 0.4) is 0 Å². The molecule has 102 valence electrons. The van der Waals surface area contributed by atoms with Crippen LogP contribution in [0.1, 0.15) is 18.9 Å². The molecule has 0 bridgehead atoms. The number of para-hydroxylation sites is 1. The molecule has 2 aliphatic rings. The van der Waals surface area contributed by atoms with Gasteiger partial charge in [0.05, 0.1) is 12.2 Å². The molecule has 1 unspecified atom stereocenters. The Morgan fingerprint density at radius 2 is 2.20 bits per heavy atom. The van der Waals surface area contributed by atoms with Gasteiger partial charge in [-0.1, -0.05) is 19.1 Å². The summed E-state index contributed by atoms with van der Waals surface area (Å²) in [4.78, 5) is 16.2. The normalized spacial score (nSPS) is 20.1. The van der Waals surface area contributed by atoms with E-state index in [2.05, 4.69) is 25.7 Å². The molecule has 1 aromatic rings. The predicted octanol–water partition coefficient (Wildman–Crippen LogP) is 1.50. The molecule has 7 nitrogen and oxygen atoms in total. The highest BCUT2D eigenvalue weighted by atomic mass is 16.5. The first-order valence-electron chi connectivity index (χ1n) is 6.39. The third-order valence-corrected chi connectivity index (χ3v) is 2.88. The first-order valence-corrected chi connectivity index (χ1v) is 6.39. The summed E-state index contributed by atoms with van der Waals surface area (Å²) in [6.45, 7) is 2.63. The fraction of sp³-hybridized carbons (Fsp3) is 0.308. The highest BCUT2D eigenvalue weighted by molar-refractivity contribution is 6.25. The molecule has 2 aliphatic heterocycles. The maximum Gasteiger partial charge on any atom is 0.260 e. The molecule has 3 rings (SSSR count). The first-order chi connectivity index (χ1) is 9.79. The topological polar surface area (TPSA) is 87.8 Å². The standard InChI is InChI=1S/C13H13N5O2/c1-2-7-20-9-6-4-3-5-8(9)11-14-12-10(13(19)15-11)16-18-17-12/h3-6,10H,2,7H2,1H3,(H,14,15,16,17,19). The lowest BCUT2D eigenvalue weighted by atomic mass is 10.1. The molecule has 1 aromatic carbocycles. The third kappa shape index (κ3) is 2.18. The van der Waals surface area contributed by atoms with Crippen molar-refractivity contribution >= 4 is 17.6 Å². The molecule has 2 heterocycles. The SMILES string of the molecule is CCCOc1ccccc1C1=NC2=NN=NC2C(=O)N1. The monoisotopic (exact) mass is 271 g/mol. The second kappa shape index (κ2) is 5.20. The Balaban J connectivity index is 1.95. The van der Waals surface area contributed by atoms with E-state index in [1.807, 2.05) is 31.2 Å². The zero-order chi connectivity index (χ0) is 13.9. The Kier molecular flexibility index (Phi) is 3.24. The third-order valence-electron chi connectivity index (χ3n) is 2.88. The van der Waals surface area contributed by atoms with Gasteiger partial charge in [-0.3, -0.25) is 4.79 Å². The molecule has 0 spiro atoms. The zero-order valence-corrected chi connectivity index (χ0v) is 10.9. The van der Waals surface area contributed by atoms with E-state index in [1.54, 1.807) is 0 Å². The Morgan fingerprint density at radius 1 is 1.35 bits per heavy atom. The van der Waals surface area contributed by atoms with E-state index in [4.69, 9.17) is 4.74 Å². The number of amides is 1. The van der Waals surface area contributed by atoms with E-state index in [-0.39, 0.29) is 5.91 Å². The van der Waals surface area contributed by atoms with Crippen LogP contribution in [0.15, 0.2) is 44.7 Å². The Morgan fingerprint density at radius 3 is 3.05 bits per heavy atom. The fourth-order valence-corrected chi connectivity index (χ4v) is 1.94. The number of carbonyl (C=O) groups excluding carboxylic acids is 1. The molecule has 0 fully saturated rings. The van der Waals surface area contributed by atoms with Gasteiger partial charge in [0.25, 0.3) is 5.91 Å². The van der Waals surface area contributed by atoms with Crippen molar-refractivity contribution in [2.75, 3.05) is 6.61 Å². The zero-order valence-electron chi connectivity index (χ0n) is 10.9. The average Bonchev–Trinajstić information content (AvgIpc) is 2.94. The number of amidine groups is 2. The second-order valence-corrected chi connectivity index (χ2v) is 4.36. The van der Waals surface area contributed by atoms with Gasteiger partial charge in [-0.05, 0) is 23.8 Å². The molecule has 7 heteroatoms. The van der Waals surface area contributed by atoms with Gasteiger partial charge in [-0.2, -0.15) is 0 Å². The molecule has 0 saturated heterocycles. The number of ether oxygens (including phenoxy) is 1. The summed E-state index contributed by atoms with van der Waals surface area (Å²) in [7, 11) is 0. The van der Waals surface area contributed by atoms with Crippen LogP contribution in [0.25, 0.3) is 0 Å². The summed E-state index contributed by atoms with van der Waals surface area (Å²) in [6, 6.07) is 6.70. The average molecular weight is 271 g/mol. The van der Waals surface area contributed by atoms with Crippen LogP contribution < -0.4 is 10.1 Å². The fourth-order valence-electron chi connectivity index (χ4n) is 1.94. The lowest BCUT2D eigenvalue weighted by Gasteiger charge is -2.18. The number of fused-ring (bicyclic) bond motifs is 1. The van der Waals surface area contributed by atoms with E-state index < -0.39 is 6.04 Å². The number of hydrogen-bond donors (Lipinski definition) is 1. The minimum absolute atomic E-state index is 0.278. The molecule has 0 aromatic heterocycles. The van der Waals surface area contributed by atoms with Crippen molar-refractivity contribution in [3.63, 3.8) is 0 Å². The number of rotatable bonds is 4. The summed E-state index contributed by atoms with van der Waals surface area (Å²) in [5, 5.41) is 13.7. The van der Waals surface area contributed by atoms with Gasteiger partial charge in [0.1, 0.15) is 11.6 Å². The Hall–Kier alpha value is -2.57. The van der Waals surface area contributed by atoms with E-state index in [1.165, 1.54) is 0 Å². The smallest absolute Gasteiger partial charge is 0.260 e. The molecule has 1 atom stereocenters. The van der Waals surface area contributed by atoms with Gasteiger partial charge in [0, 0.05) is 0 Å². The number of carbonyl (C=O) groups is 1. The van der Waals surface area contributed by atoms with Crippen LogP contribution >= 0.6 is 0 Å². The number of benzene rings is 1. The summed E-state index contributed by atoms with van der Waals surface area (Å²) in [6.07, 6.45) is 0.902. The van der Waals surface area contributed by atoms with E-state index >= 15 is 0 Å². The largest absolute Gasteiger partial charge is 0.493 e. The molecule has 0 radical (unpaired) electrons. The summed E-state index contributed by atoms with van der Waals surface area (Å²) >= 11 is 0. The summed E-state index contributed by atoms with van der Waals surface area (Å²) in [5.41, 5.74) is 0.724. The van der Waals surface area contributed by atoms with Gasteiger partial charge in [-0.15, -0.1) is 10.2 Å². The van der Waals surface area contributed by atoms with E-state index in [0.717, 1.165) is 12.0 Å². The van der Waals surface area contributed by atoms with Crippen molar-refractivity contribution in [1.29, 1.82) is 0 Å². The van der Waals surface area contributed by atoms with Crippen LogP contribution in [-0.2, 0) is 4.79 Å². The molecular weight excluding hydrogens is 258 g/mol. The molecule has 1 N–H and O–H groups in total. The van der Waals surface area contributed by atoms with Crippen LogP contribution in [0, 0.1) is 0 Å². The summed E-state index contributed by atoms with van der Waals surface area (Å²) < 4.78 is 5.67. The second-order valence-electron chi connectivity index (χ2n) is 4.36. The minimum atomic E-state index is -0.720. The minimum Gasteiger partial charge on any atom is -0.493 e. The molecule has 1 amide bonds. The van der Waals surface area contributed by atoms with Crippen molar-refractivity contribution < 1.29 is 9.53 Å². The van der Waals surface area contributed by atoms with Gasteiger partial charge in [0.2, 0.25) is 6.04 Å². The van der Waals surface area contributed by atoms with Crippen LogP contribution in [0.4, 0.5) is 0 Å². The van der Waals surface area contributed by atoms with Gasteiger partial charge < -0.3 is 10.1 Å². The molecular formula is C13H13N5O2. The van der Waals surface area contributed by atoms with Crippen LogP contribution in [0.5, 0.6) is 5.75 Å². The lowest BCUT2D eigenvalue weighted by molar-refractivity contribution is -0.119. The van der Waals surface area contributed by atoms with E-state index in [0.29, 0.717) is 24.0 Å². The van der Waals surface area contributed by atoms with Crippen LogP contribution in [0.2, 0.25) is 0 Å². The molecule has 0 saturated carbocycles. The highest BCUT2D eigenvalue weighted by Gasteiger charge is 2.34. The van der Waals surface area contributed by atoms with Crippen molar-refractivity contribution in [2.24, 2.45) is 20.4 Å². The number of aliphatic imine (C=N–C) groups is 1.